The molecule has 0 bridgehead atoms. The molecule has 0 aliphatic carbocycles. The lowest BCUT2D eigenvalue weighted by Gasteiger charge is -2.37. The van der Waals surface area contributed by atoms with Crippen LogP contribution in [0.4, 0.5) is 0 Å². The first kappa shape index (κ1) is 30.7. The van der Waals surface area contributed by atoms with E-state index >= 15 is 0 Å². The van der Waals surface area contributed by atoms with E-state index in [1.165, 1.54) is 4.90 Å². The number of amides is 3. The number of likely N-dealkylation sites (tertiary alicyclic amines) is 1. The number of hydrogen-bond donors (Lipinski definition) is 2. The van der Waals surface area contributed by atoms with Crippen LogP contribution in [-0.2, 0) is 35.2 Å². The number of allylic oxidation sites excluding steroid dienone is 1. The van der Waals surface area contributed by atoms with Crippen molar-refractivity contribution >= 4 is 23.7 Å². The van der Waals surface area contributed by atoms with E-state index in [1.54, 1.807) is 37.0 Å². The van der Waals surface area contributed by atoms with Crippen molar-refractivity contribution in [3.05, 3.63) is 96.1 Å². The molecule has 2 N–H and O–H groups in total. The van der Waals surface area contributed by atoms with Crippen LogP contribution >= 0.6 is 0 Å². The SMILES string of the molecule is C[C@H](CO)N1C(=O)[C@@H]2[C@H]3C(=O)O[C@H](c4ccccc4)[C@@H](C)NC(=O)CC/C=C\[C@H]3O[C@@]23C=CCN(Cc2ccccc2)C(=O)[C@@H]13. The van der Waals surface area contributed by atoms with E-state index in [1.807, 2.05) is 66.7 Å². The molecule has 0 saturated carbocycles. The average Bonchev–Trinajstić information content (AvgIpc) is 3.44. The third-order valence-electron chi connectivity index (χ3n) is 9.32. The Hall–Kier alpha value is -4.28. The first-order chi connectivity index (χ1) is 21.7. The summed E-state index contributed by atoms with van der Waals surface area (Å²) in [6.07, 6.45) is 6.00. The van der Waals surface area contributed by atoms with Crippen molar-refractivity contribution in [2.75, 3.05) is 13.2 Å². The number of nitrogens with zero attached hydrogens (tertiary/aromatic N) is 2. The molecule has 2 aromatic carbocycles. The molecular weight excluding hydrogens is 574 g/mol. The third-order valence-corrected chi connectivity index (χ3v) is 9.32. The number of nitrogens with one attached hydrogen (secondary N) is 1. The molecule has 4 aliphatic rings. The van der Waals surface area contributed by atoms with Crippen LogP contribution in [0, 0.1) is 11.8 Å². The Balaban J connectivity index is 1.42. The summed E-state index contributed by atoms with van der Waals surface area (Å²) < 4.78 is 12.9. The molecule has 0 aromatic heterocycles. The van der Waals surface area contributed by atoms with E-state index in [0.29, 0.717) is 18.5 Å². The lowest BCUT2D eigenvalue weighted by Crippen LogP contribution is -2.57. The number of fused-ring (bicyclic) bond motifs is 2. The first-order valence-electron chi connectivity index (χ1n) is 15.6. The highest BCUT2D eigenvalue weighted by Gasteiger charge is 2.72. The molecule has 4 aliphatic heterocycles. The molecule has 8 atom stereocenters. The zero-order chi connectivity index (χ0) is 31.7. The molecule has 1 spiro atoms. The number of carbonyl (C=O) groups excluding carboxylic acids is 4. The van der Waals surface area contributed by atoms with Gasteiger partial charge in [-0.1, -0.05) is 85.0 Å². The van der Waals surface area contributed by atoms with Crippen LogP contribution in [0.5, 0.6) is 0 Å². The van der Waals surface area contributed by atoms with Crippen molar-refractivity contribution in [1.82, 2.24) is 15.1 Å². The van der Waals surface area contributed by atoms with Crippen molar-refractivity contribution in [1.29, 1.82) is 0 Å². The Kier molecular flexibility index (Phi) is 8.61. The summed E-state index contributed by atoms with van der Waals surface area (Å²) in [6.45, 7) is 3.71. The maximum Gasteiger partial charge on any atom is 0.313 e. The summed E-state index contributed by atoms with van der Waals surface area (Å²) >= 11 is 0. The molecule has 45 heavy (non-hydrogen) atoms. The van der Waals surface area contributed by atoms with Gasteiger partial charge in [0.05, 0.1) is 30.7 Å². The molecule has 6 rings (SSSR count). The number of benzene rings is 2. The van der Waals surface area contributed by atoms with Crippen molar-refractivity contribution in [2.45, 2.75) is 69.2 Å². The van der Waals surface area contributed by atoms with Crippen molar-refractivity contribution in [2.24, 2.45) is 11.8 Å². The van der Waals surface area contributed by atoms with Gasteiger partial charge in [-0.3, -0.25) is 19.2 Å². The summed E-state index contributed by atoms with van der Waals surface area (Å²) in [4.78, 5) is 59.0. The number of rotatable bonds is 5. The van der Waals surface area contributed by atoms with E-state index in [9.17, 15) is 24.3 Å². The van der Waals surface area contributed by atoms with Gasteiger partial charge < -0.3 is 29.7 Å². The maximum absolute atomic E-state index is 14.4. The highest BCUT2D eigenvalue weighted by atomic mass is 16.6. The van der Waals surface area contributed by atoms with E-state index in [-0.39, 0.29) is 31.4 Å². The summed E-state index contributed by atoms with van der Waals surface area (Å²) in [7, 11) is 0. The number of aliphatic hydroxyl groups is 1. The predicted molar refractivity (Wildman–Crippen MR) is 164 cm³/mol. The molecule has 10 nitrogen and oxygen atoms in total. The minimum absolute atomic E-state index is 0.177. The molecule has 10 heteroatoms. The van der Waals surface area contributed by atoms with Crippen LogP contribution in [0.1, 0.15) is 43.9 Å². The first-order valence-corrected chi connectivity index (χ1v) is 15.6. The second-order valence-corrected chi connectivity index (χ2v) is 12.3. The Morgan fingerprint density at radius 1 is 1.00 bits per heavy atom. The van der Waals surface area contributed by atoms with Gasteiger partial charge in [-0.05, 0) is 31.4 Å². The summed E-state index contributed by atoms with van der Waals surface area (Å²) in [5.41, 5.74) is 0.162. The largest absolute Gasteiger partial charge is 0.455 e. The third kappa shape index (κ3) is 5.57. The monoisotopic (exact) mass is 613 g/mol. The standard InChI is InChI=1S/C35H39N3O7/c1-22(21-39)38-31-33(42)37(20-24-12-5-3-6-13-24)19-11-18-35(31)29(32(38)41)28-26(45-35)16-9-10-17-27(40)36-23(2)30(44-34(28)43)25-14-7-4-8-15-25/h3-9,11-16,18,22-23,26,28-31,39H,10,17,19-21H2,1-2H3,(H,36,40)/b16-9-/t22-,23-,26-,28+,29+,30+,31-,35+/m1/s1. The quantitative estimate of drug-likeness (QED) is 0.393. The van der Waals surface area contributed by atoms with Crippen LogP contribution in [0.3, 0.4) is 0 Å². The van der Waals surface area contributed by atoms with E-state index in [0.717, 1.165) is 5.56 Å². The number of hydrogen-bond acceptors (Lipinski definition) is 7. The molecule has 0 radical (unpaired) electrons. The second kappa shape index (κ2) is 12.6. The van der Waals surface area contributed by atoms with Crippen molar-refractivity contribution in [3.63, 3.8) is 0 Å². The molecule has 2 saturated heterocycles. The van der Waals surface area contributed by atoms with Crippen LogP contribution in [0.15, 0.2) is 85.0 Å². The fourth-order valence-electron chi connectivity index (χ4n) is 7.20. The van der Waals surface area contributed by atoms with Crippen molar-refractivity contribution in [3.8, 4) is 0 Å². The molecule has 236 valence electrons. The molecule has 2 fully saturated rings. The zero-order valence-electron chi connectivity index (χ0n) is 25.5. The highest BCUT2D eigenvalue weighted by Crippen LogP contribution is 2.54. The smallest absolute Gasteiger partial charge is 0.313 e. The van der Waals surface area contributed by atoms with E-state index in [4.69, 9.17) is 9.47 Å². The average molecular weight is 614 g/mol. The molecule has 2 aromatic rings. The maximum atomic E-state index is 14.4. The van der Waals surface area contributed by atoms with Gasteiger partial charge in [0, 0.05) is 19.5 Å². The lowest BCUT2D eigenvalue weighted by molar-refractivity contribution is -0.162. The normalized spacial score (nSPS) is 33.1. The number of esters is 1. The van der Waals surface area contributed by atoms with Gasteiger partial charge in [0.15, 0.2) is 0 Å². The Morgan fingerprint density at radius 3 is 2.42 bits per heavy atom. The van der Waals surface area contributed by atoms with Gasteiger partial charge in [0.2, 0.25) is 17.7 Å². The minimum Gasteiger partial charge on any atom is -0.455 e. The molecule has 0 unspecified atom stereocenters. The van der Waals surface area contributed by atoms with Gasteiger partial charge in [0.25, 0.3) is 0 Å². The van der Waals surface area contributed by atoms with Crippen LogP contribution in [-0.4, -0.2) is 81.6 Å². The van der Waals surface area contributed by atoms with Crippen LogP contribution in [0.25, 0.3) is 0 Å². The number of carbonyl (C=O) groups is 4. The molecule has 3 amide bonds. The lowest BCUT2D eigenvalue weighted by atomic mass is 9.77. The minimum atomic E-state index is -1.47. The Labute approximate surface area is 262 Å². The predicted octanol–water partition coefficient (Wildman–Crippen LogP) is 2.69. The van der Waals surface area contributed by atoms with Gasteiger partial charge in [-0.2, -0.15) is 0 Å². The number of cyclic esters (lactones) is 1. The van der Waals surface area contributed by atoms with Crippen LogP contribution in [0.2, 0.25) is 0 Å². The van der Waals surface area contributed by atoms with Crippen molar-refractivity contribution < 1.29 is 33.8 Å². The van der Waals surface area contributed by atoms with Gasteiger partial charge in [0.1, 0.15) is 23.7 Å². The Morgan fingerprint density at radius 2 is 1.71 bits per heavy atom. The number of ether oxygens (including phenoxy) is 2. The topological polar surface area (TPSA) is 125 Å². The fourth-order valence-corrected chi connectivity index (χ4v) is 7.20. The molecule has 4 heterocycles. The van der Waals surface area contributed by atoms with Gasteiger partial charge >= 0.3 is 5.97 Å². The second-order valence-electron chi connectivity index (χ2n) is 12.3. The highest BCUT2D eigenvalue weighted by molar-refractivity contribution is 5.99. The summed E-state index contributed by atoms with van der Waals surface area (Å²) in [5.74, 6) is -3.73. The fraction of sp³-hybridized carbons (Fsp3) is 0.429. The van der Waals surface area contributed by atoms with Crippen LogP contribution < -0.4 is 5.32 Å². The van der Waals surface area contributed by atoms with E-state index in [2.05, 4.69) is 5.32 Å². The molecular formula is C35H39N3O7. The van der Waals surface area contributed by atoms with Gasteiger partial charge in [-0.25, -0.2) is 0 Å². The van der Waals surface area contributed by atoms with E-state index < -0.39 is 59.6 Å². The summed E-state index contributed by atoms with van der Waals surface area (Å²) in [6, 6.07) is 16.4. The number of aliphatic hydroxyl groups excluding tert-OH is 1. The van der Waals surface area contributed by atoms with Gasteiger partial charge in [-0.15, -0.1) is 0 Å². The zero-order valence-corrected chi connectivity index (χ0v) is 25.5. The Bertz CT molecular complexity index is 1500. The summed E-state index contributed by atoms with van der Waals surface area (Å²) in [5, 5.41) is 13.2.